The normalized spacial score (nSPS) is 20.1. The van der Waals surface area contributed by atoms with Crippen LogP contribution in [0.5, 0.6) is 0 Å². The Morgan fingerprint density at radius 2 is 1.35 bits per heavy atom. The molecular formula is C39H41Cl2N7O. The summed E-state index contributed by atoms with van der Waals surface area (Å²) in [6.45, 7) is 6.60. The van der Waals surface area contributed by atoms with E-state index in [1.165, 1.54) is 11.1 Å². The molecule has 8 nitrogen and oxygen atoms in total. The Morgan fingerprint density at radius 1 is 0.735 bits per heavy atom. The van der Waals surface area contributed by atoms with E-state index in [0.29, 0.717) is 13.2 Å². The molecule has 0 amide bonds. The van der Waals surface area contributed by atoms with Crippen molar-refractivity contribution in [2.75, 3.05) is 55.7 Å². The lowest BCUT2D eigenvalue weighted by Gasteiger charge is -2.47. The lowest BCUT2D eigenvalue weighted by molar-refractivity contribution is 0.0746. The number of aliphatic hydroxyl groups is 1. The van der Waals surface area contributed by atoms with Gasteiger partial charge >= 0.3 is 0 Å². The summed E-state index contributed by atoms with van der Waals surface area (Å²) in [5.74, 6) is 1.84. The lowest BCUT2D eigenvalue weighted by atomic mass is 9.84. The third kappa shape index (κ3) is 6.50. The van der Waals surface area contributed by atoms with E-state index in [4.69, 9.17) is 33.2 Å². The van der Waals surface area contributed by atoms with E-state index in [9.17, 15) is 5.11 Å². The predicted molar refractivity (Wildman–Crippen MR) is 198 cm³/mol. The van der Waals surface area contributed by atoms with Crippen LogP contribution in [-0.2, 0) is 6.54 Å². The van der Waals surface area contributed by atoms with Crippen molar-refractivity contribution >= 4 is 45.6 Å². The van der Waals surface area contributed by atoms with Gasteiger partial charge in [0, 0.05) is 60.4 Å². The molecule has 1 aromatic heterocycles. The molecule has 1 atom stereocenters. The number of halogens is 2. The molecule has 4 aromatic carbocycles. The van der Waals surface area contributed by atoms with Crippen molar-refractivity contribution in [1.29, 1.82) is 0 Å². The fourth-order valence-electron chi connectivity index (χ4n) is 7.98. The Morgan fingerprint density at radius 3 is 2.00 bits per heavy atom. The maximum atomic E-state index is 11.2. The number of aromatic nitrogens is 2. The smallest absolute Gasteiger partial charge is 0.145 e. The molecule has 0 aliphatic carbocycles. The van der Waals surface area contributed by atoms with Gasteiger partial charge in [-0.15, -0.1) is 0 Å². The number of anilines is 2. The summed E-state index contributed by atoms with van der Waals surface area (Å²) in [5, 5.41) is 17.1. The first-order chi connectivity index (χ1) is 24.0. The number of piperidine rings is 1. The monoisotopic (exact) mass is 693 g/mol. The molecule has 5 aromatic rings. The highest BCUT2D eigenvalue weighted by Gasteiger charge is 2.50. The molecule has 49 heavy (non-hydrogen) atoms. The van der Waals surface area contributed by atoms with Crippen molar-refractivity contribution in [3.8, 4) is 0 Å². The predicted octanol–water partition coefficient (Wildman–Crippen LogP) is 6.57. The van der Waals surface area contributed by atoms with E-state index in [2.05, 4.69) is 97.7 Å². The molecule has 3 aliphatic heterocycles. The average Bonchev–Trinajstić information content (AvgIpc) is 3.45. The topological polar surface area (TPSA) is 71.0 Å². The number of hydrogen-bond acceptors (Lipinski definition) is 8. The second-order valence-corrected chi connectivity index (χ2v) is 14.3. The van der Waals surface area contributed by atoms with Gasteiger partial charge in [-0.3, -0.25) is 15.1 Å². The zero-order valence-corrected chi connectivity index (χ0v) is 28.9. The maximum absolute atomic E-state index is 11.2. The Labute approximate surface area is 297 Å². The van der Waals surface area contributed by atoms with Gasteiger partial charge < -0.3 is 14.9 Å². The highest BCUT2D eigenvalue weighted by Crippen LogP contribution is 2.40. The van der Waals surface area contributed by atoms with Crippen LogP contribution < -0.4 is 15.1 Å². The SMILES string of the molecule is OC1NCN(c2ccccc2)C12CCN(c1nc(CN3CCN(C(c4ccc(Cl)cc4)c4ccc(Cl)cc4)CC3)nc3ccccc13)CC2. The van der Waals surface area contributed by atoms with Gasteiger partial charge in [0.15, 0.2) is 0 Å². The fraction of sp³-hybridized carbons (Fsp3) is 0.333. The number of nitrogens with zero attached hydrogens (tertiary/aromatic N) is 6. The van der Waals surface area contributed by atoms with Crippen LogP contribution in [0.4, 0.5) is 11.5 Å². The van der Waals surface area contributed by atoms with Crippen LogP contribution in [0.2, 0.25) is 10.0 Å². The lowest BCUT2D eigenvalue weighted by Crippen LogP contribution is -2.58. The van der Waals surface area contributed by atoms with Crippen LogP contribution in [-0.4, -0.2) is 82.6 Å². The number of rotatable bonds is 7. The Hall–Kier alpha value is -3.76. The Balaban J connectivity index is 0.989. The standard InChI is InChI=1S/C39H41Cl2N7O/c40-30-14-10-28(11-15-30)36(29-12-16-31(41)17-13-29)46-24-22-45(23-25-46)26-35-43-34-9-5-4-8-33(34)37(44-35)47-20-18-39(19-21-47)38(49)42-27-48(39)32-6-2-1-3-7-32/h1-17,36,38,42,49H,18-27H2. The van der Waals surface area contributed by atoms with E-state index in [-0.39, 0.29) is 11.6 Å². The number of nitrogens with one attached hydrogen (secondary N) is 1. The van der Waals surface area contributed by atoms with E-state index in [1.807, 2.05) is 30.3 Å². The minimum Gasteiger partial charge on any atom is -0.376 e. The van der Waals surface area contributed by atoms with Crippen LogP contribution in [0.25, 0.3) is 10.9 Å². The van der Waals surface area contributed by atoms with Gasteiger partial charge in [-0.05, 0) is 72.5 Å². The third-order valence-corrected chi connectivity index (χ3v) is 11.1. The Kier molecular flexibility index (Phi) is 9.18. The molecule has 0 bridgehead atoms. The second kappa shape index (κ2) is 13.9. The first-order valence-corrected chi connectivity index (χ1v) is 17.9. The molecule has 4 heterocycles. The van der Waals surface area contributed by atoms with Crippen molar-refractivity contribution in [2.45, 2.75) is 37.2 Å². The van der Waals surface area contributed by atoms with Crippen molar-refractivity contribution in [2.24, 2.45) is 0 Å². The molecule has 1 unspecified atom stereocenters. The first kappa shape index (κ1) is 32.4. The van der Waals surface area contributed by atoms with Crippen LogP contribution >= 0.6 is 23.2 Å². The summed E-state index contributed by atoms with van der Waals surface area (Å²) in [5.41, 5.74) is 4.21. The van der Waals surface area contributed by atoms with Crippen LogP contribution in [0, 0.1) is 0 Å². The summed E-state index contributed by atoms with van der Waals surface area (Å²) < 4.78 is 0. The number of hydrogen-bond donors (Lipinski definition) is 2. The quantitative estimate of drug-likeness (QED) is 0.199. The van der Waals surface area contributed by atoms with E-state index in [0.717, 1.165) is 90.4 Å². The van der Waals surface area contributed by atoms with Gasteiger partial charge in [0.1, 0.15) is 17.9 Å². The van der Waals surface area contributed by atoms with Gasteiger partial charge in [-0.2, -0.15) is 0 Å². The average molecular weight is 695 g/mol. The highest BCUT2D eigenvalue weighted by atomic mass is 35.5. The number of piperazine rings is 1. The zero-order chi connectivity index (χ0) is 33.4. The third-order valence-electron chi connectivity index (χ3n) is 10.6. The minimum atomic E-state index is -0.579. The maximum Gasteiger partial charge on any atom is 0.145 e. The summed E-state index contributed by atoms with van der Waals surface area (Å²) in [4.78, 5) is 20.0. The summed E-state index contributed by atoms with van der Waals surface area (Å²) in [6.07, 6.45) is 1.08. The largest absolute Gasteiger partial charge is 0.376 e. The number of para-hydroxylation sites is 2. The summed E-state index contributed by atoms with van der Waals surface area (Å²) >= 11 is 12.5. The van der Waals surface area contributed by atoms with Crippen molar-refractivity contribution < 1.29 is 5.11 Å². The number of aliphatic hydroxyl groups excluding tert-OH is 1. The fourth-order valence-corrected chi connectivity index (χ4v) is 8.23. The molecule has 8 rings (SSSR count). The van der Waals surface area contributed by atoms with Gasteiger partial charge in [-0.25, -0.2) is 9.97 Å². The minimum absolute atomic E-state index is 0.119. The van der Waals surface area contributed by atoms with Crippen molar-refractivity contribution in [3.05, 3.63) is 130 Å². The van der Waals surface area contributed by atoms with E-state index >= 15 is 0 Å². The first-order valence-electron chi connectivity index (χ1n) is 17.2. The number of benzene rings is 4. The van der Waals surface area contributed by atoms with Crippen LogP contribution in [0.1, 0.15) is 35.8 Å². The van der Waals surface area contributed by atoms with Gasteiger partial charge in [0.2, 0.25) is 0 Å². The molecule has 252 valence electrons. The molecule has 2 N–H and O–H groups in total. The molecular weight excluding hydrogens is 653 g/mol. The van der Waals surface area contributed by atoms with E-state index in [1.54, 1.807) is 0 Å². The second-order valence-electron chi connectivity index (χ2n) is 13.4. The van der Waals surface area contributed by atoms with Crippen molar-refractivity contribution in [1.82, 2.24) is 25.1 Å². The van der Waals surface area contributed by atoms with Gasteiger partial charge in [0.25, 0.3) is 0 Å². The zero-order valence-electron chi connectivity index (χ0n) is 27.4. The van der Waals surface area contributed by atoms with E-state index < -0.39 is 6.23 Å². The van der Waals surface area contributed by atoms with Crippen LogP contribution in [0.3, 0.4) is 0 Å². The molecule has 0 saturated carbocycles. The molecule has 3 saturated heterocycles. The molecule has 3 aliphatic rings. The molecule has 1 spiro atoms. The van der Waals surface area contributed by atoms with Gasteiger partial charge in [-0.1, -0.05) is 77.8 Å². The van der Waals surface area contributed by atoms with Crippen molar-refractivity contribution in [3.63, 3.8) is 0 Å². The highest BCUT2D eigenvalue weighted by molar-refractivity contribution is 6.30. The molecule has 0 radical (unpaired) electrons. The molecule has 10 heteroatoms. The van der Waals surface area contributed by atoms with Gasteiger partial charge in [0.05, 0.1) is 30.3 Å². The summed E-state index contributed by atoms with van der Waals surface area (Å²) in [7, 11) is 0. The van der Waals surface area contributed by atoms with Crippen LogP contribution in [0.15, 0.2) is 103 Å². The summed E-state index contributed by atoms with van der Waals surface area (Å²) in [6, 6.07) is 35.3. The molecule has 3 fully saturated rings. The number of fused-ring (bicyclic) bond motifs is 1. The Bertz CT molecular complexity index is 1830.